The molecule has 2 heterocycles. The summed E-state index contributed by atoms with van der Waals surface area (Å²) in [6.07, 6.45) is 7.11. The van der Waals surface area contributed by atoms with E-state index in [4.69, 9.17) is 0 Å². The number of aliphatic carboxylic acids is 2. The first-order chi connectivity index (χ1) is 14.7. The van der Waals surface area contributed by atoms with Gasteiger partial charge in [-0.3, -0.25) is 24.3 Å². The lowest BCUT2D eigenvalue weighted by atomic mass is 9.67. The Labute approximate surface area is 177 Å². The van der Waals surface area contributed by atoms with Crippen molar-refractivity contribution in [2.24, 2.45) is 5.41 Å². The number of carbonyl (C=O) groups is 4. The van der Waals surface area contributed by atoms with Crippen molar-refractivity contribution in [2.75, 3.05) is 0 Å². The van der Waals surface area contributed by atoms with E-state index in [0.717, 1.165) is 4.90 Å². The summed E-state index contributed by atoms with van der Waals surface area (Å²) >= 11 is 0. The number of imide groups is 1. The maximum absolute atomic E-state index is 12.6. The monoisotopic (exact) mass is 418 g/mol. The second-order valence-corrected chi connectivity index (χ2v) is 7.68. The van der Waals surface area contributed by atoms with Gasteiger partial charge >= 0.3 is 11.9 Å². The second kappa shape index (κ2) is 7.32. The number of pyridine rings is 1. The zero-order chi connectivity index (χ0) is 22.3. The third-order valence-corrected chi connectivity index (χ3v) is 5.70. The van der Waals surface area contributed by atoms with Crippen molar-refractivity contribution in [1.82, 2.24) is 9.88 Å². The molecule has 0 bridgehead atoms. The smallest absolute Gasteiger partial charge is 0.332 e. The highest BCUT2D eigenvalue weighted by Crippen LogP contribution is 2.45. The van der Waals surface area contributed by atoms with Crippen LogP contribution in [0.2, 0.25) is 0 Å². The Morgan fingerprint density at radius 2 is 1.74 bits per heavy atom. The largest absolute Gasteiger partial charge is 0.481 e. The summed E-state index contributed by atoms with van der Waals surface area (Å²) < 4.78 is 0. The molecule has 2 aliphatic rings. The van der Waals surface area contributed by atoms with Gasteiger partial charge in [0, 0.05) is 23.9 Å². The Bertz CT molecular complexity index is 1160. The predicted molar refractivity (Wildman–Crippen MR) is 108 cm³/mol. The number of carboxylic acids is 2. The van der Waals surface area contributed by atoms with E-state index >= 15 is 0 Å². The fourth-order valence-electron chi connectivity index (χ4n) is 4.10. The van der Waals surface area contributed by atoms with Gasteiger partial charge in [-0.25, -0.2) is 4.79 Å². The van der Waals surface area contributed by atoms with Crippen LogP contribution < -0.4 is 0 Å². The summed E-state index contributed by atoms with van der Waals surface area (Å²) in [5.41, 5.74) is -0.0755. The van der Waals surface area contributed by atoms with Gasteiger partial charge in [-0.1, -0.05) is 36.4 Å². The normalized spacial score (nSPS) is 22.3. The van der Waals surface area contributed by atoms with Crippen molar-refractivity contribution in [3.8, 4) is 0 Å². The summed E-state index contributed by atoms with van der Waals surface area (Å²) in [4.78, 5) is 54.3. The second-order valence-electron chi connectivity index (χ2n) is 7.68. The van der Waals surface area contributed by atoms with Crippen LogP contribution in [0.4, 0.5) is 0 Å². The quantitative estimate of drug-likeness (QED) is 0.715. The number of fused-ring (bicyclic) bond motifs is 1. The molecule has 0 radical (unpaired) electrons. The van der Waals surface area contributed by atoms with Crippen LogP contribution in [0.25, 0.3) is 0 Å². The molecule has 1 aromatic heterocycles. The zero-order valence-corrected chi connectivity index (χ0v) is 16.5. The minimum Gasteiger partial charge on any atom is -0.481 e. The molecule has 8 nitrogen and oxygen atoms in total. The first-order valence-electron chi connectivity index (χ1n) is 9.49. The molecule has 0 fully saturated rings. The Kier molecular flexibility index (Phi) is 4.77. The van der Waals surface area contributed by atoms with Crippen LogP contribution in [0.3, 0.4) is 0 Å². The summed E-state index contributed by atoms with van der Waals surface area (Å²) in [5, 5.41) is 19.4. The van der Waals surface area contributed by atoms with Gasteiger partial charge in [0.15, 0.2) is 0 Å². The van der Waals surface area contributed by atoms with Crippen molar-refractivity contribution >= 4 is 23.8 Å². The van der Waals surface area contributed by atoms with Crippen LogP contribution in [0.15, 0.2) is 66.5 Å². The van der Waals surface area contributed by atoms with Crippen LogP contribution in [0.1, 0.15) is 44.7 Å². The van der Waals surface area contributed by atoms with E-state index in [1.165, 1.54) is 37.5 Å². The van der Waals surface area contributed by atoms with Crippen LogP contribution >= 0.6 is 0 Å². The minimum atomic E-state index is -1.50. The lowest BCUT2D eigenvalue weighted by Gasteiger charge is -2.34. The van der Waals surface area contributed by atoms with Crippen molar-refractivity contribution in [2.45, 2.75) is 19.4 Å². The molecular formula is C23H18N2O6. The van der Waals surface area contributed by atoms with Gasteiger partial charge < -0.3 is 10.2 Å². The molecular weight excluding hydrogens is 400 g/mol. The SMILES string of the molecule is CC1(C(=O)O)C=CC=C(C(=O)O)C1c1cncc(CN2C(=O)c3ccccc3C2=O)c1. The number of carbonyl (C=O) groups excluding carboxylic acids is 2. The molecule has 1 aromatic carbocycles. The number of carboxylic acid groups (broad SMARTS) is 2. The standard InChI is InChI=1S/C23H18N2O6/c1-23(22(30)31)8-4-7-17(21(28)29)18(23)14-9-13(10-24-11-14)12-25-19(26)15-5-2-3-6-16(15)20(25)27/h2-11,18H,12H2,1H3,(H,28,29)(H,30,31). The molecule has 2 N–H and O–H groups in total. The van der Waals surface area contributed by atoms with Crippen molar-refractivity contribution in [3.63, 3.8) is 0 Å². The highest BCUT2D eigenvalue weighted by Gasteiger charge is 2.46. The van der Waals surface area contributed by atoms with Crippen LogP contribution in [0.5, 0.6) is 0 Å². The van der Waals surface area contributed by atoms with E-state index in [9.17, 15) is 29.4 Å². The molecule has 2 aromatic rings. The van der Waals surface area contributed by atoms with Crippen LogP contribution in [0, 0.1) is 5.41 Å². The van der Waals surface area contributed by atoms with E-state index in [2.05, 4.69) is 4.98 Å². The number of hydrogen-bond acceptors (Lipinski definition) is 5. The highest BCUT2D eigenvalue weighted by atomic mass is 16.4. The molecule has 8 heteroatoms. The maximum atomic E-state index is 12.6. The third kappa shape index (κ3) is 3.22. The summed E-state index contributed by atoms with van der Waals surface area (Å²) in [7, 11) is 0. The summed E-state index contributed by atoms with van der Waals surface area (Å²) in [5.74, 6) is -4.25. The summed E-state index contributed by atoms with van der Waals surface area (Å²) in [6.45, 7) is 1.38. The fourth-order valence-corrected chi connectivity index (χ4v) is 4.10. The molecule has 0 saturated heterocycles. The molecule has 1 aliphatic carbocycles. The van der Waals surface area contributed by atoms with Gasteiger partial charge in [0.2, 0.25) is 0 Å². The van der Waals surface area contributed by atoms with Gasteiger partial charge in [0.05, 0.1) is 23.1 Å². The van der Waals surface area contributed by atoms with Crippen LogP contribution in [-0.2, 0) is 16.1 Å². The average Bonchev–Trinajstić information content (AvgIpc) is 2.98. The minimum absolute atomic E-state index is 0.0638. The topological polar surface area (TPSA) is 125 Å². The molecule has 156 valence electrons. The van der Waals surface area contributed by atoms with Crippen molar-refractivity contribution < 1.29 is 29.4 Å². The van der Waals surface area contributed by atoms with Crippen LogP contribution in [-0.4, -0.2) is 43.8 Å². The Morgan fingerprint density at radius 3 is 2.32 bits per heavy atom. The Morgan fingerprint density at radius 1 is 1.10 bits per heavy atom. The summed E-state index contributed by atoms with van der Waals surface area (Å²) in [6, 6.07) is 8.12. The molecule has 4 rings (SSSR count). The fraction of sp³-hybridized carbons (Fsp3) is 0.174. The van der Waals surface area contributed by atoms with Gasteiger partial charge in [-0.15, -0.1) is 0 Å². The van der Waals surface area contributed by atoms with Gasteiger partial charge in [-0.2, -0.15) is 0 Å². The predicted octanol–water partition coefficient (Wildman–Crippen LogP) is 2.63. The van der Waals surface area contributed by atoms with Crippen molar-refractivity contribution in [1.29, 1.82) is 0 Å². The highest BCUT2D eigenvalue weighted by molar-refractivity contribution is 6.21. The van der Waals surface area contributed by atoms with E-state index in [0.29, 0.717) is 22.3 Å². The molecule has 1 aliphatic heterocycles. The Hall–Kier alpha value is -4.07. The molecule has 0 saturated carbocycles. The zero-order valence-electron chi connectivity index (χ0n) is 16.5. The van der Waals surface area contributed by atoms with Gasteiger partial charge in [0.1, 0.15) is 0 Å². The average molecular weight is 418 g/mol. The molecule has 2 amide bonds. The van der Waals surface area contributed by atoms with Gasteiger partial charge in [-0.05, 0) is 30.2 Å². The van der Waals surface area contributed by atoms with Gasteiger partial charge in [0.25, 0.3) is 11.8 Å². The molecule has 0 spiro atoms. The number of amides is 2. The van der Waals surface area contributed by atoms with E-state index in [1.54, 1.807) is 30.3 Å². The van der Waals surface area contributed by atoms with E-state index < -0.39 is 35.1 Å². The Balaban J connectivity index is 1.70. The first kappa shape index (κ1) is 20.2. The number of aromatic nitrogens is 1. The van der Waals surface area contributed by atoms with E-state index in [1.807, 2.05) is 0 Å². The number of rotatable bonds is 5. The lowest BCUT2D eigenvalue weighted by molar-refractivity contribution is -0.146. The lowest BCUT2D eigenvalue weighted by Crippen LogP contribution is -2.37. The third-order valence-electron chi connectivity index (χ3n) is 5.70. The number of hydrogen-bond donors (Lipinski definition) is 2. The van der Waals surface area contributed by atoms with Crippen molar-refractivity contribution in [3.05, 3.63) is 88.8 Å². The number of nitrogens with zero attached hydrogens (tertiary/aromatic N) is 2. The molecule has 2 unspecified atom stereocenters. The number of allylic oxidation sites excluding steroid dienone is 2. The maximum Gasteiger partial charge on any atom is 0.332 e. The van der Waals surface area contributed by atoms with E-state index in [-0.39, 0.29) is 12.1 Å². The molecule has 31 heavy (non-hydrogen) atoms. The molecule has 2 atom stereocenters. The first-order valence-corrected chi connectivity index (χ1v) is 9.49. The number of benzene rings is 1.